The zero-order valence-corrected chi connectivity index (χ0v) is 12.9. The third kappa shape index (κ3) is 6.58. The number of hydrogen-bond acceptors (Lipinski definition) is 2. The summed E-state index contributed by atoms with van der Waals surface area (Å²) in [6.07, 6.45) is 3.01. The SMILES string of the molecule is CCCNc1cc[n+](-c2ccccc2)c(C)c1O.F[B-](F)(F)F. The van der Waals surface area contributed by atoms with Gasteiger partial charge in [-0.2, -0.15) is 4.57 Å². The maximum absolute atomic E-state index is 10.2. The van der Waals surface area contributed by atoms with Gasteiger partial charge in [-0.1, -0.05) is 25.1 Å². The Morgan fingerprint density at radius 1 is 1.09 bits per heavy atom. The number of hydrogen-bond donors (Lipinski definition) is 2. The highest BCUT2D eigenvalue weighted by molar-refractivity contribution is 6.50. The molecule has 1 heterocycles. The number of pyridine rings is 1. The van der Waals surface area contributed by atoms with Gasteiger partial charge in [-0.05, 0) is 6.42 Å². The van der Waals surface area contributed by atoms with E-state index in [1.54, 1.807) is 0 Å². The van der Waals surface area contributed by atoms with E-state index < -0.39 is 7.25 Å². The zero-order valence-electron chi connectivity index (χ0n) is 12.9. The summed E-state index contributed by atoms with van der Waals surface area (Å²) in [4.78, 5) is 0. The topological polar surface area (TPSA) is 36.1 Å². The first-order valence-corrected chi connectivity index (χ1v) is 7.15. The molecule has 8 heteroatoms. The van der Waals surface area contributed by atoms with E-state index in [1.165, 1.54) is 0 Å². The predicted molar refractivity (Wildman–Crippen MR) is 83.3 cm³/mol. The van der Waals surface area contributed by atoms with Crippen LogP contribution in [-0.2, 0) is 0 Å². The van der Waals surface area contributed by atoms with Crippen LogP contribution in [0.5, 0.6) is 5.75 Å². The number of rotatable bonds is 4. The second-order valence-corrected chi connectivity index (χ2v) is 4.79. The van der Waals surface area contributed by atoms with Gasteiger partial charge in [0.1, 0.15) is 0 Å². The summed E-state index contributed by atoms with van der Waals surface area (Å²) in [5.41, 5.74) is 2.68. The van der Waals surface area contributed by atoms with Crippen LogP contribution in [-0.4, -0.2) is 18.9 Å². The standard InChI is InChI=1S/C15H18N2O.BF4/c1-3-10-16-14-9-11-17(12(2)15(14)18)13-7-5-4-6-8-13;2-1(3,4)5/h4-9,11,18H,3,10H2,1-2H3;/q;-1/p+1. The maximum atomic E-state index is 10.2. The largest absolute Gasteiger partial charge is 0.673 e. The number of nitrogens with zero attached hydrogens (tertiary/aromatic N) is 1. The van der Waals surface area contributed by atoms with Gasteiger partial charge in [0.2, 0.25) is 17.1 Å². The van der Waals surface area contributed by atoms with Crippen molar-refractivity contribution in [2.45, 2.75) is 20.3 Å². The third-order valence-electron chi connectivity index (χ3n) is 2.95. The lowest BCUT2D eigenvalue weighted by Gasteiger charge is -2.08. The normalized spacial score (nSPS) is 10.7. The molecule has 0 unspecified atom stereocenters. The highest BCUT2D eigenvalue weighted by atomic mass is 19.5. The molecule has 0 saturated carbocycles. The van der Waals surface area contributed by atoms with Crippen molar-refractivity contribution in [3.05, 3.63) is 48.3 Å². The predicted octanol–water partition coefficient (Wildman–Crippen LogP) is 4.10. The molecule has 2 aromatic rings. The summed E-state index contributed by atoms with van der Waals surface area (Å²) in [7, 11) is -6.00. The molecule has 1 aromatic carbocycles. The fourth-order valence-corrected chi connectivity index (χ4v) is 1.92. The number of benzene rings is 1. The van der Waals surface area contributed by atoms with Crippen LogP contribution in [0.4, 0.5) is 23.0 Å². The van der Waals surface area contributed by atoms with Crippen molar-refractivity contribution in [3.8, 4) is 11.4 Å². The Bertz CT molecular complexity index is 615. The Balaban J connectivity index is 0.000000463. The van der Waals surface area contributed by atoms with Crippen LogP contribution in [0.25, 0.3) is 5.69 Å². The average Bonchev–Trinajstić information content (AvgIpc) is 2.48. The van der Waals surface area contributed by atoms with Gasteiger partial charge in [0.15, 0.2) is 6.20 Å². The summed E-state index contributed by atoms with van der Waals surface area (Å²) in [5.74, 6) is 0.315. The molecular formula is C15H19BF4N2O. The minimum absolute atomic E-state index is 0.315. The molecule has 1 aromatic heterocycles. The molecule has 3 nitrogen and oxygen atoms in total. The van der Waals surface area contributed by atoms with Crippen molar-refractivity contribution in [1.82, 2.24) is 0 Å². The zero-order chi connectivity index (χ0) is 17.5. The third-order valence-corrected chi connectivity index (χ3v) is 2.95. The number of anilines is 1. The van der Waals surface area contributed by atoms with E-state index >= 15 is 0 Å². The minimum atomic E-state index is -6.00. The minimum Gasteiger partial charge on any atom is -0.501 e. The van der Waals surface area contributed by atoms with Crippen molar-refractivity contribution in [2.24, 2.45) is 0 Å². The Kier molecular flexibility index (Phi) is 6.87. The molecule has 0 aliphatic rings. The molecule has 2 N–H and O–H groups in total. The number of aromatic hydroxyl groups is 1. The van der Waals surface area contributed by atoms with E-state index in [-0.39, 0.29) is 0 Å². The molecule has 0 aliphatic carbocycles. The Hall–Kier alpha value is -2.25. The van der Waals surface area contributed by atoms with Crippen LogP contribution in [0.2, 0.25) is 0 Å². The molecule has 0 saturated heterocycles. The molecule has 0 atom stereocenters. The van der Waals surface area contributed by atoms with E-state index in [1.807, 2.05) is 54.1 Å². The van der Waals surface area contributed by atoms with Gasteiger partial charge in [0.25, 0.3) is 0 Å². The van der Waals surface area contributed by atoms with Crippen molar-refractivity contribution in [3.63, 3.8) is 0 Å². The van der Waals surface area contributed by atoms with Gasteiger partial charge in [-0.3, -0.25) is 0 Å². The highest BCUT2D eigenvalue weighted by Gasteiger charge is 2.20. The second-order valence-electron chi connectivity index (χ2n) is 4.79. The summed E-state index contributed by atoms with van der Waals surface area (Å²) in [6, 6.07) is 11.9. The number of para-hydroxylation sites is 1. The smallest absolute Gasteiger partial charge is 0.501 e. The lowest BCUT2D eigenvalue weighted by atomic mass is 10.2. The lowest BCUT2D eigenvalue weighted by Crippen LogP contribution is -2.33. The summed E-state index contributed by atoms with van der Waals surface area (Å²) in [5, 5.41) is 13.4. The molecule has 0 radical (unpaired) electrons. The van der Waals surface area contributed by atoms with Crippen molar-refractivity contribution in [1.29, 1.82) is 0 Å². The Morgan fingerprint density at radius 2 is 1.65 bits per heavy atom. The van der Waals surface area contributed by atoms with Crippen LogP contribution in [0, 0.1) is 6.92 Å². The lowest BCUT2D eigenvalue weighted by molar-refractivity contribution is -0.603. The molecule has 0 spiro atoms. The van der Waals surface area contributed by atoms with E-state index in [0.29, 0.717) is 5.75 Å². The van der Waals surface area contributed by atoms with Crippen LogP contribution in [0.3, 0.4) is 0 Å². The average molecular weight is 330 g/mol. The number of aromatic nitrogens is 1. The number of halogens is 4. The van der Waals surface area contributed by atoms with E-state index in [4.69, 9.17) is 0 Å². The van der Waals surface area contributed by atoms with Gasteiger partial charge in [0, 0.05) is 31.7 Å². The van der Waals surface area contributed by atoms with Crippen molar-refractivity contribution < 1.29 is 26.9 Å². The molecule has 23 heavy (non-hydrogen) atoms. The first-order chi connectivity index (χ1) is 10.7. The van der Waals surface area contributed by atoms with Crippen LogP contribution in [0.15, 0.2) is 42.6 Å². The van der Waals surface area contributed by atoms with E-state index in [2.05, 4.69) is 12.2 Å². The second kappa shape index (κ2) is 8.40. The van der Waals surface area contributed by atoms with Gasteiger partial charge < -0.3 is 27.7 Å². The molecule has 0 amide bonds. The summed E-state index contributed by atoms with van der Waals surface area (Å²) in [6.45, 7) is 4.88. The van der Waals surface area contributed by atoms with Crippen LogP contribution in [0.1, 0.15) is 19.0 Å². The van der Waals surface area contributed by atoms with Crippen LogP contribution < -0.4 is 9.88 Å². The molecule has 0 fully saturated rings. The molecule has 0 bridgehead atoms. The first kappa shape index (κ1) is 18.8. The quantitative estimate of drug-likeness (QED) is 0.503. The van der Waals surface area contributed by atoms with Crippen molar-refractivity contribution >= 4 is 12.9 Å². The molecule has 2 rings (SSSR count). The van der Waals surface area contributed by atoms with E-state index in [9.17, 15) is 22.4 Å². The molecule has 126 valence electrons. The summed E-state index contributed by atoms with van der Waals surface area (Å²) < 4.78 is 41.0. The Morgan fingerprint density at radius 3 is 2.17 bits per heavy atom. The highest BCUT2D eigenvalue weighted by Crippen LogP contribution is 2.24. The van der Waals surface area contributed by atoms with Crippen molar-refractivity contribution in [2.75, 3.05) is 11.9 Å². The van der Waals surface area contributed by atoms with Gasteiger partial charge in [0.05, 0.1) is 5.69 Å². The van der Waals surface area contributed by atoms with Gasteiger partial charge in [-0.15, -0.1) is 0 Å². The summed E-state index contributed by atoms with van der Waals surface area (Å²) >= 11 is 0. The Labute approximate surface area is 132 Å². The van der Waals surface area contributed by atoms with Crippen LogP contribution >= 0.6 is 0 Å². The fraction of sp³-hybridized carbons (Fsp3) is 0.267. The van der Waals surface area contributed by atoms with Gasteiger partial charge >= 0.3 is 7.25 Å². The fourth-order valence-electron chi connectivity index (χ4n) is 1.92. The molecule has 0 aliphatic heterocycles. The maximum Gasteiger partial charge on any atom is 0.673 e. The van der Waals surface area contributed by atoms with E-state index in [0.717, 1.165) is 30.0 Å². The van der Waals surface area contributed by atoms with Gasteiger partial charge in [-0.25, -0.2) is 0 Å². The molecular weight excluding hydrogens is 311 g/mol. The monoisotopic (exact) mass is 330 g/mol. The number of nitrogens with one attached hydrogen (secondary N) is 1. The first-order valence-electron chi connectivity index (χ1n) is 7.15.